The molecule has 0 amide bonds. The zero-order valence-electron chi connectivity index (χ0n) is 13.4. The molecule has 2 aromatic rings. The Kier molecular flexibility index (Phi) is 8.65. The maximum atomic E-state index is 10.2. The van der Waals surface area contributed by atoms with E-state index < -0.39 is 18.1 Å². The summed E-state index contributed by atoms with van der Waals surface area (Å²) in [5, 5.41) is 17.5. The number of carbonyl (C=O) groups is 1. The lowest BCUT2D eigenvalue weighted by molar-refractivity contribution is -0.141. The summed E-state index contributed by atoms with van der Waals surface area (Å²) >= 11 is 0. The molecule has 4 heteroatoms. The van der Waals surface area contributed by atoms with E-state index in [9.17, 15) is 4.79 Å². The van der Waals surface area contributed by atoms with Crippen LogP contribution in [0.1, 0.15) is 26.2 Å². The minimum absolute atomic E-state index is 0.462. The van der Waals surface area contributed by atoms with E-state index >= 15 is 0 Å². The molecule has 0 heterocycles. The highest BCUT2D eigenvalue weighted by Gasteiger charge is 2.20. The van der Waals surface area contributed by atoms with Gasteiger partial charge in [0.05, 0.1) is 6.10 Å². The number of hydrogen-bond acceptors (Lipinski definition) is 3. The van der Waals surface area contributed by atoms with E-state index in [1.165, 1.54) is 11.1 Å². The Labute approximate surface area is 137 Å². The van der Waals surface area contributed by atoms with Crippen LogP contribution in [0.5, 0.6) is 0 Å². The molecule has 4 nitrogen and oxygen atoms in total. The SMILES string of the molecule is CCCCC(O)C(N)C(=O)O.c1ccc(-c2ccccc2)cc1. The van der Waals surface area contributed by atoms with Gasteiger partial charge in [0, 0.05) is 0 Å². The molecule has 0 bridgehead atoms. The van der Waals surface area contributed by atoms with Gasteiger partial charge in [-0.2, -0.15) is 0 Å². The van der Waals surface area contributed by atoms with Crippen molar-refractivity contribution in [2.75, 3.05) is 0 Å². The van der Waals surface area contributed by atoms with Crippen LogP contribution in [0.25, 0.3) is 11.1 Å². The van der Waals surface area contributed by atoms with Crippen molar-refractivity contribution in [3.8, 4) is 11.1 Å². The number of aliphatic hydroxyl groups is 1. The third-order valence-corrected chi connectivity index (χ3v) is 3.43. The molecule has 0 spiro atoms. The largest absolute Gasteiger partial charge is 0.480 e. The summed E-state index contributed by atoms with van der Waals surface area (Å²) in [6, 6.07) is 19.6. The first kappa shape index (κ1) is 18.9. The average Bonchev–Trinajstić information content (AvgIpc) is 2.61. The quantitative estimate of drug-likeness (QED) is 0.763. The van der Waals surface area contributed by atoms with Crippen molar-refractivity contribution in [1.82, 2.24) is 0 Å². The fourth-order valence-corrected chi connectivity index (χ4v) is 2.02. The highest BCUT2D eigenvalue weighted by atomic mass is 16.4. The van der Waals surface area contributed by atoms with Gasteiger partial charge in [-0.05, 0) is 17.5 Å². The molecule has 0 aliphatic heterocycles. The molecule has 23 heavy (non-hydrogen) atoms. The fourth-order valence-electron chi connectivity index (χ4n) is 2.02. The molecular formula is C19H25NO3. The second-order valence-electron chi connectivity index (χ2n) is 5.31. The number of nitrogens with two attached hydrogens (primary N) is 1. The van der Waals surface area contributed by atoms with Crippen molar-refractivity contribution in [3.05, 3.63) is 60.7 Å². The van der Waals surface area contributed by atoms with Gasteiger partial charge in [0.15, 0.2) is 0 Å². The molecular weight excluding hydrogens is 290 g/mol. The number of rotatable bonds is 6. The standard InChI is InChI=1S/C12H10.C7H15NO3/c1-3-7-11(8-4-1)12-9-5-2-6-10-12;1-2-3-4-5(9)6(8)7(10)11/h1-10H;5-6,9H,2-4,8H2,1H3,(H,10,11). The molecule has 0 saturated carbocycles. The average molecular weight is 315 g/mol. The molecule has 4 N–H and O–H groups in total. The van der Waals surface area contributed by atoms with Crippen molar-refractivity contribution in [2.45, 2.75) is 38.3 Å². The molecule has 2 rings (SSSR count). The van der Waals surface area contributed by atoms with Gasteiger partial charge in [0.1, 0.15) is 6.04 Å². The number of aliphatic carboxylic acids is 1. The highest BCUT2D eigenvalue weighted by molar-refractivity contribution is 5.73. The lowest BCUT2D eigenvalue weighted by Gasteiger charge is -2.13. The first-order valence-corrected chi connectivity index (χ1v) is 7.83. The zero-order chi connectivity index (χ0) is 17.1. The summed E-state index contributed by atoms with van der Waals surface area (Å²) < 4.78 is 0. The van der Waals surface area contributed by atoms with Crippen LogP contribution in [0.4, 0.5) is 0 Å². The first-order valence-electron chi connectivity index (χ1n) is 7.83. The van der Waals surface area contributed by atoms with E-state index in [2.05, 4.69) is 48.5 Å². The van der Waals surface area contributed by atoms with Crippen molar-refractivity contribution in [3.63, 3.8) is 0 Å². The lowest BCUT2D eigenvalue weighted by Crippen LogP contribution is -2.41. The van der Waals surface area contributed by atoms with Crippen LogP contribution in [0.3, 0.4) is 0 Å². The maximum Gasteiger partial charge on any atom is 0.323 e. The molecule has 2 aromatic carbocycles. The normalized spacial score (nSPS) is 12.7. The van der Waals surface area contributed by atoms with Crippen LogP contribution in [0.2, 0.25) is 0 Å². The van der Waals surface area contributed by atoms with Crippen molar-refractivity contribution in [1.29, 1.82) is 0 Å². The van der Waals surface area contributed by atoms with Crippen LogP contribution in [-0.4, -0.2) is 28.3 Å². The molecule has 0 fully saturated rings. The Morgan fingerprint density at radius 3 is 1.78 bits per heavy atom. The van der Waals surface area contributed by atoms with Gasteiger partial charge >= 0.3 is 5.97 Å². The van der Waals surface area contributed by atoms with Gasteiger partial charge in [-0.3, -0.25) is 4.79 Å². The second-order valence-corrected chi connectivity index (χ2v) is 5.31. The van der Waals surface area contributed by atoms with Crippen molar-refractivity contribution < 1.29 is 15.0 Å². The van der Waals surface area contributed by atoms with E-state index in [1.807, 2.05) is 19.1 Å². The molecule has 2 atom stereocenters. The Hall–Kier alpha value is -2.17. The van der Waals surface area contributed by atoms with Gasteiger partial charge in [-0.25, -0.2) is 0 Å². The summed E-state index contributed by atoms with van der Waals surface area (Å²) in [5.41, 5.74) is 7.70. The summed E-state index contributed by atoms with van der Waals surface area (Å²) in [7, 11) is 0. The molecule has 124 valence electrons. The van der Waals surface area contributed by atoms with Crippen LogP contribution in [0.15, 0.2) is 60.7 Å². The Balaban J connectivity index is 0.000000232. The van der Waals surface area contributed by atoms with E-state index in [4.69, 9.17) is 15.9 Å². The van der Waals surface area contributed by atoms with Gasteiger partial charge < -0.3 is 15.9 Å². The molecule has 0 radical (unpaired) electrons. The van der Waals surface area contributed by atoms with Gasteiger partial charge in [0.2, 0.25) is 0 Å². The minimum atomic E-state index is -1.14. The summed E-state index contributed by atoms with van der Waals surface area (Å²) in [5.74, 6) is -1.14. The van der Waals surface area contributed by atoms with Crippen LogP contribution < -0.4 is 5.73 Å². The monoisotopic (exact) mass is 315 g/mol. The molecule has 0 aliphatic rings. The van der Waals surface area contributed by atoms with E-state index in [-0.39, 0.29) is 0 Å². The topological polar surface area (TPSA) is 83.5 Å². The van der Waals surface area contributed by atoms with Crippen LogP contribution >= 0.6 is 0 Å². The molecule has 0 aromatic heterocycles. The smallest absolute Gasteiger partial charge is 0.323 e. The van der Waals surface area contributed by atoms with E-state index in [0.717, 1.165) is 12.8 Å². The Morgan fingerprint density at radius 1 is 1.00 bits per heavy atom. The van der Waals surface area contributed by atoms with Gasteiger partial charge in [0.25, 0.3) is 0 Å². The van der Waals surface area contributed by atoms with Crippen LogP contribution in [-0.2, 0) is 4.79 Å². The Bertz CT molecular complexity index is 520. The van der Waals surface area contributed by atoms with Gasteiger partial charge in [-0.1, -0.05) is 80.4 Å². The summed E-state index contributed by atoms with van der Waals surface area (Å²) in [6.45, 7) is 1.97. The molecule has 0 saturated heterocycles. The van der Waals surface area contributed by atoms with E-state index in [0.29, 0.717) is 6.42 Å². The summed E-state index contributed by atoms with van der Waals surface area (Å²) in [4.78, 5) is 10.2. The third-order valence-electron chi connectivity index (χ3n) is 3.43. The third kappa shape index (κ3) is 7.08. The lowest BCUT2D eigenvalue weighted by atomic mass is 10.1. The van der Waals surface area contributed by atoms with Gasteiger partial charge in [-0.15, -0.1) is 0 Å². The zero-order valence-corrected chi connectivity index (χ0v) is 13.4. The van der Waals surface area contributed by atoms with Crippen molar-refractivity contribution >= 4 is 5.97 Å². The predicted molar refractivity (Wildman–Crippen MR) is 93.0 cm³/mol. The molecule has 0 aliphatic carbocycles. The maximum absolute atomic E-state index is 10.2. The number of benzene rings is 2. The number of carboxylic acid groups (broad SMARTS) is 1. The number of unbranched alkanes of at least 4 members (excludes halogenated alkanes) is 1. The predicted octanol–water partition coefficient (Wildman–Crippen LogP) is 3.30. The molecule has 2 unspecified atom stereocenters. The first-order chi connectivity index (χ1) is 11.1. The summed E-state index contributed by atoms with van der Waals surface area (Å²) in [6.07, 6.45) is 1.29. The van der Waals surface area contributed by atoms with Crippen molar-refractivity contribution in [2.24, 2.45) is 5.73 Å². The number of aliphatic hydroxyl groups excluding tert-OH is 1. The van der Waals surface area contributed by atoms with Crippen LogP contribution in [0, 0.1) is 0 Å². The number of hydrogen-bond donors (Lipinski definition) is 3. The number of carboxylic acids is 1. The fraction of sp³-hybridized carbons (Fsp3) is 0.316. The van der Waals surface area contributed by atoms with E-state index in [1.54, 1.807) is 0 Å². The highest BCUT2D eigenvalue weighted by Crippen LogP contribution is 2.17. The minimum Gasteiger partial charge on any atom is -0.480 e. The second kappa shape index (κ2) is 10.5. The Morgan fingerprint density at radius 2 is 1.43 bits per heavy atom.